The van der Waals surface area contributed by atoms with Crippen molar-refractivity contribution in [2.45, 2.75) is 13.8 Å². The van der Waals surface area contributed by atoms with E-state index in [-0.39, 0.29) is 0 Å². The minimum Gasteiger partial charge on any atom is -0.268 e. The molecule has 0 radical (unpaired) electrons. The minimum absolute atomic E-state index is 0.676. The van der Waals surface area contributed by atoms with Crippen LogP contribution in [0.25, 0.3) is 0 Å². The fourth-order valence-electron chi connectivity index (χ4n) is 0.272. The maximum atomic E-state index is 8.56. The van der Waals surface area contributed by atoms with Gasteiger partial charge in [-0.15, -0.1) is 5.17 Å². The summed E-state index contributed by atoms with van der Waals surface area (Å²) in [7, 11) is 0. The standard InChI is InChI=1S/C5H10N2O/c1-5(2)4-7(8)6-3/h4,8H,3H2,1-2H3. The van der Waals surface area contributed by atoms with E-state index in [1.807, 2.05) is 13.8 Å². The average Bonchev–Trinajstić information content (AvgIpc) is 1.65. The number of allylic oxidation sites excluding steroid dienone is 1. The smallest absolute Gasteiger partial charge is 0.0524 e. The molecular weight excluding hydrogens is 104 g/mol. The Morgan fingerprint density at radius 3 is 2.38 bits per heavy atom. The summed E-state index contributed by atoms with van der Waals surface area (Å²) < 4.78 is 0. The Kier molecular flexibility index (Phi) is 2.88. The van der Waals surface area contributed by atoms with Gasteiger partial charge in [0.05, 0.1) is 6.20 Å². The summed E-state index contributed by atoms with van der Waals surface area (Å²) in [5.41, 5.74) is 0.972. The van der Waals surface area contributed by atoms with Crippen molar-refractivity contribution in [3.63, 3.8) is 0 Å². The van der Waals surface area contributed by atoms with Crippen LogP contribution >= 0.6 is 0 Å². The Bertz CT molecular complexity index is 105. The summed E-state index contributed by atoms with van der Waals surface area (Å²) in [4.78, 5) is 0. The molecule has 1 N–H and O–H groups in total. The van der Waals surface area contributed by atoms with Gasteiger partial charge >= 0.3 is 0 Å². The van der Waals surface area contributed by atoms with E-state index in [1.165, 1.54) is 6.20 Å². The number of hydrogen-bond acceptors (Lipinski definition) is 3. The van der Waals surface area contributed by atoms with E-state index in [4.69, 9.17) is 5.21 Å². The maximum Gasteiger partial charge on any atom is 0.0524 e. The van der Waals surface area contributed by atoms with Gasteiger partial charge in [-0.05, 0) is 13.8 Å². The van der Waals surface area contributed by atoms with Crippen LogP contribution in [0.1, 0.15) is 13.8 Å². The van der Waals surface area contributed by atoms with Crippen molar-refractivity contribution in [2.24, 2.45) is 5.10 Å². The molecule has 0 aromatic heterocycles. The number of nitrogens with zero attached hydrogens (tertiary/aromatic N) is 2. The van der Waals surface area contributed by atoms with Crippen LogP contribution in [0.15, 0.2) is 16.9 Å². The van der Waals surface area contributed by atoms with Gasteiger partial charge in [-0.1, -0.05) is 5.57 Å². The van der Waals surface area contributed by atoms with Gasteiger partial charge in [-0.25, -0.2) is 0 Å². The molecule has 0 unspecified atom stereocenters. The van der Waals surface area contributed by atoms with E-state index >= 15 is 0 Å². The third-order valence-corrected chi connectivity index (χ3v) is 0.519. The van der Waals surface area contributed by atoms with Crippen LogP contribution in [0.5, 0.6) is 0 Å². The number of hydrogen-bond donors (Lipinski definition) is 1. The summed E-state index contributed by atoms with van der Waals surface area (Å²) in [6, 6.07) is 0. The van der Waals surface area contributed by atoms with Gasteiger partial charge in [0.1, 0.15) is 0 Å². The molecule has 0 aliphatic carbocycles. The van der Waals surface area contributed by atoms with Crippen molar-refractivity contribution in [3.8, 4) is 0 Å². The third kappa shape index (κ3) is 3.36. The zero-order valence-corrected chi connectivity index (χ0v) is 5.13. The third-order valence-electron chi connectivity index (χ3n) is 0.519. The molecule has 0 bridgehead atoms. The Morgan fingerprint density at radius 1 is 1.75 bits per heavy atom. The normalized spacial score (nSPS) is 7.88. The molecule has 46 valence electrons. The predicted octanol–water partition coefficient (Wildman–Crippen LogP) is 1.22. The van der Waals surface area contributed by atoms with E-state index in [0.29, 0.717) is 5.17 Å². The van der Waals surface area contributed by atoms with Crippen LogP contribution < -0.4 is 0 Å². The van der Waals surface area contributed by atoms with Gasteiger partial charge in [0, 0.05) is 6.72 Å². The summed E-state index contributed by atoms with van der Waals surface area (Å²) in [6.07, 6.45) is 1.47. The lowest BCUT2D eigenvalue weighted by atomic mass is 10.4. The van der Waals surface area contributed by atoms with Gasteiger partial charge in [0.15, 0.2) is 0 Å². The molecule has 0 spiro atoms. The van der Waals surface area contributed by atoms with Crippen LogP contribution in [0.3, 0.4) is 0 Å². The molecule has 0 aliphatic heterocycles. The van der Waals surface area contributed by atoms with Crippen molar-refractivity contribution in [2.75, 3.05) is 0 Å². The molecule has 3 heteroatoms. The second-order valence-electron chi connectivity index (χ2n) is 1.67. The molecule has 0 aromatic carbocycles. The lowest BCUT2D eigenvalue weighted by Crippen LogP contribution is -2.00. The van der Waals surface area contributed by atoms with Crippen LogP contribution in [-0.4, -0.2) is 17.1 Å². The van der Waals surface area contributed by atoms with Crippen LogP contribution in [0.2, 0.25) is 0 Å². The first-order chi connectivity index (χ1) is 3.66. The quantitative estimate of drug-likeness (QED) is 0.432. The fourth-order valence-corrected chi connectivity index (χ4v) is 0.272. The van der Waals surface area contributed by atoms with Gasteiger partial charge < -0.3 is 0 Å². The summed E-state index contributed by atoms with van der Waals surface area (Å²) in [6.45, 7) is 6.81. The molecule has 0 aromatic rings. The maximum absolute atomic E-state index is 8.56. The molecule has 0 amide bonds. The van der Waals surface area contributed by atoms with E-state index in [2.05, 4.69) is 11.8 Å². The molecule has 0 rings (SSSR count). The van der Waals surface area contributed by atoms with Crippen molar-refractivity contribution in [1.29, 1.82) is 0 Å². The molecular formula is C5H10N2O. The molecule has 0 heterocycles. The van der Waals surface area contributed by atoms with Crippen molar-refractivity contribution in [3.05, 3.63) is 11.8 Å². The largest absolute Gasteiger partial charge is 0.268 e. The summed E-state index contributed by atoms with van der Waals surface area (Å²) in [5.74, 6) is 0. The van der Waals surface area contributed by atoms with E-state index in [9.17, 15) is 0 Å². The number of hydroxylamine groups is 1. The first-order valence-corrected chi connectivity index (χ1v) is 2.26. The second kappa shape index (κ2) is 3.21. The lowest BCUT2D eigenvalue weighted by molar-refractivity contribution is -0.0383. The number of hydrazone groups is 1. The Morgan fingerprint density at radius 2 is 2.25 bits per heavy atom. The first-order valence-electron chi connectivity index (χ1n) is 2.26. The van der Waals surface area contributed by atoms with Gasteiger partial charge in [0.2, 0.25) is 0 Å². The molecule has 0 atom stereocenters. The molecule has 0 aliphatic rings. The zero-order valence-electron chi connectivity index (χ0n) is 5.13. The van der Waals surface area contributed by atoms with Gasteiger partial charge in [0.25, 0.3) is 0 Å². The monoisotopic (exact) mass is 114 g/mol. The Labute approximate surface area is 48.9 Å². The minimum atomic E-state index is 0.676. The van der Waals surface area contributed by atoms with Crippen molar-refractivity contribution in [1.82, 2.24) is 5.17 Å². The highest BCUT2D eigenvalue weighted by molar-refractivity contribution is 5.22. The van der Waals surface area contributed by atoms with Crippen LogP contribution in [0.4, 0.5) is 0 Å². The van der Waals surface area contributed by atoms with E-state index in [0.717, 1.165) is 5.57 Å². The highest BCUT2D eigenvalue weighted by Gasteiger charge is 1.81. The van der Waals surface area contributed by atoms with Crippen molar-refractivity contribution >= 4 is 6.72 Å². The van der Waals surface area contributed by atoms with Crippen molar-refractivity contribution < 1.29 is 5.21 Å². The topological polar surface area (TPSA) is 35.8 Å². The highest BCUT2D eigenvalue weighted by Crippen LogP contribution is 1.90. The zero-order chi connectivity index (χ0) is 6.57. The predicted molar refractivity (Wildman–Crippen MR) is 32.6 cm³/mol. The molecule has 0 saturated heterocycles. The highest BCUT2D eigenvalue weighted by atomic mass is 16.5. The fraction of sp³-hybridized carbons (Fsp3) is 0.400. The van der Waals surface area contributed by atoms with Gasteiger partial charge in [-0.3, -0.25) is 5.21 Å². The molecule has 8 heavy (non-hydrogen) atoms. The van der Waals surface area contributed by atoms with Crippen LogP contribution in [0, 0.1) is 0 Å². The number of rotatable bonds is 2. The Balaban J connectivity index is 3.68. The van der Waals surface area contributed by atoms with Gasteiger partial charge in [-0.2, -0.15) is 5.10 Å². The van der Waals surface area contributed by atoms with Crippen LogP contribution in [-0.2, 0) is 0 Å². The molecule has 3 nitrogen and oxygen atoms in total. The Hall–Kier alpha value is -0.830. The second-order valence-corrected chi connectivity index (χ2v) is 1.67. The molecule has 0 fully saturated rings. The van der Waals surface area contributed by atoms with E-state index < -0.39 is 0 Å². The first kappa shape index (κ1) is 7.17. The summed E-state index contributed by atoms with van der Waals surface area (Å²) in [5, 5.41) is 12.4. The van der Waals surface area contributed by atoms with E-state index in [1.54, 1.807) is 0 Å². The lowest BCUT2D eigenvalue weighted by Gasteiger charge is -2.01. The summed E-state index contributed by atoms with van der Waals surface area (Å²) >= 11 is 0. The average molecular weight is 114 g/mol. The molecule has 0 saturated carbocycles. The SMILES string of the molecule is C=NN(O)C=C(C)C.